The normalized spacial score (nSPS) is 17.7. The largest absolute Gasteiger partial charge is 0.339 e. The Morgan fingerprint density at radius 3 is 2.38 bits per heavy atom. The molecule has 0 saturated carbocycles. The zero-order chi connectivity index (χ0) is 16.1. The molecule has 1 aliphatic rings. The lowest BCUT2D eigenvalue weighted by Gasteiger charge is -2.21. The van der Waals surface area contributed by atoms with Gasteiger partial charge in [0.05, 0.1) is 0 Å². The summed E-state index contributed by atoms with van der Waals surface area (Å²) >= 11 is 0. The molecule has 0 bridgehead atoms. The minimum absolute atomic E-state index is 0. The van der Waals surface area contributed by atoms with Gasteiger partial charge in [0.25, 0.3) is 5.91 Å². The molecule has 3 nitrogen and oxygen atoms in total. The lowest BCUT2D eigenvalue weighted by Crippen LogP contribution is -2.32. The molecule has 1 atom stereocenters. The van der Waals surface area contributed by atoms with E-state index in [2.05, 4.69) is 30.3 Å². The van der Waals surface area contributed by atoms with Gasteiger partial charge >= 0.3 is 0 Å². The summed E-state index contributed by atoms with van der Waals surface area (Å²) in [6, 6.07) is 18.3. The van der Waals surface area contributed by atoms with Crippen LogP contribution in [0.4, 0.5) is 0 Å². The van der Waals surface area contributed by atoms with Crippen LogP contribution in [0.2, 0.25) is 0 Å². The molecule has 2 aromatic rings. The molecular weight excluding hydrogens is 320 g/mol. The second-order valence-electron chi connectivity index (χ2n) is 6.23. The molecule has 0 aromatic heterocycles. The van der Waals surface area contributed by atoms with Crippen molar-refractivity contribution in [1.82, 2.24) is 4.90 Å². The molecular formula is C20H25ClN2O. The van der Waals surface area contributed by atoms with Crippen LogP contribution in [0, 0.1) is 0 Å². The number of carbonyl (C=O) groups excluding carboxylic acids is 1. The molecule has 1 saturated heterocycles. The third-order valence-corrected chi connectivity index (χ3v) is 4.72. The average Bonchev–Trinajstić information content (AvgIpc) is 2.88. The van der Waals surface area contributed by atoms with E-state index in [1.807, 2.05) is 29.2 Å². The van der Waals surface area contributed by atoms with Crippen molar-refractivity contribution >= 4 is 18.3 Å². The highest BCUT2D eigenvalue weighted by Gasteiger charge is 2.22. The monoisotopic (exact) mass is 344 g/mol. The number of amides is 1. The molecule has 24 heavy (non-hydrogen) atoms. The van der Waals surface area contributed by atoms with Gasteiger partial charge in [0.2, 0.25) is 0 Å². The maximum atomic E-state index is 12.7. The Balaban J connectivity index is 0.00000208. The highest BCUT2D eigenvalue weighted by Crippen LogP contribution is 2.28. The smallest absolute Gasteiger partial charge is 0.253 e. The standard InChI is InChI=1S/C20H24N2O.ClH/c21-15-16-8-10-19(11-9-16)20(23)22-13-4-7-18(12-14-22)17-5-2-1-3-6-17;/h1-3,5-6,8-11,18H,4,7,12-15,21H2;1H. The number of halogens is 1. The van der Waals surface area contributed by atoms with Crippen LogP contribution in [0.25, 0.3) is 0 Å². The maximum Gasteiger partial charge on any atom is 0.253 e. The fourth-order valence-electron chi connectivity index (χ4n) is 3.32. The van der Waals surface area contributed by atoms with Crippen LogP contribution in [0.1, 0.15) is 46.7 Å². The third kappa shape index (κ3) is 4.37. The van der Waals surface area contributed by atoms with Crippen LogP contribution in [-0.2, 0) is 6.54 Å². The van der Waals surface area contributed by atoms with Crippen LogP contribution in [0.15, 0.2) is 54.6 Å². The minimum atomic E-state index is 0. The molecule has 0 radical (unpaired) electrons. The first kappa shape index (κ1) is 18.5. The molecule has 1 heterocycles. The van der Waals surface area contributed by atoms with Gasteiger partial charge < -0.3 is 10.6 Å². The SMILES string of the molecule is Cl.NCc1ccc(C(=O)N2CCCC(c3ccccc3)CC2)cc1. The number of carbonyl (C=O) groups is 1. The van der Waals surface area contributed by atoms with Crippen LogP contribution in [0.5, 0.6) is 0 Å². The fraction of sp³-hybridized carbons (Fsp3) is 0.350. The molecule has 0 aliphatic carbocycles. The van der Waals surface area contributed by atoms with E-state index in [1.165, 1.54) is 5.56 Å². The van der Waals surface area contributed by atoms with E-state index >= 15 is 0 Å². The van der Waals surface area contributed by atoms with Crippen molar-refractivity contribution in [2.75, 3.05) is 13.1 Å². The first-order chi connectivity index (χ1) is 11.3. The first-order valence-electron chi connectivity index (χ1n) is 8.41. The Bertz CT molecular complexity index is 642. The van der Waals surface area contributed by atoms with Gasteiger partial charge in [0, 0.05) is 25.2 Å². The van der Waals surface area contributed by atoms with Gasteiger partial charge in [-0.15, -0.1) is 12.4 Å². The summed E-state index contributed by atoms with van der Waals surface area (Å²) in [5, 5.41) is 0. The number of rotatable bonds is 3. The average molecular weight is 345 g/mol. The summed E-state index contributed by atoms with van der Waals surface area (Å²) in [6.07, 6.45) is 3.25. The van der Waals surface area contributed by atoms with Crippen molar-refractivity contribution in [3.05, 3.63) is 71.3 Å². The highest BCUT2D eigenvalue weighted by atomic mass is 35.5. The van der Waals surface area contributed by atoms with Gasteiger partial charge in [-0.2, -0.15) is 0 Å². The fourth-order valence-corrected chi connectivity index (χ4v) is 3.32. The van der Waals surface area contributed by atoms with Crippen molar-refractivity contribution in [2.45, 2.75) is 31.7 Å². The summed E-state index contributed by atoms with van der Waals surface area (Å²) < 4.78 is 0. The molecule has 2 aromatic carbocycles. The second kappa shape index (κ2) is 8.86. The molecule has 1 aliphatic heterocycles. The third-order valence-electron chi connectivity index (χ3n) is 4.72. The highest BCUT2D eigenvalue weighted by molar-refractivity contribution is 5.94. The zero-order valence-electron chi connectivity index (χ0n) is 13.9. The molecule has 2 N–H and O–H groups in total. The number of nitrogens with two attached hydrogens (primary N) is 1. The van der Waals surface area contributed by atoms with E-state index in [1.54, 1.807) is 0 Å². The number of hydrogen-bond acceptors (Lipinski definition) is 2. The van der Waals surface area contributed by atoms with E-state index in [0.717, 1.165) is 43.5 Å². The number of hydrogen-bond donors (Lipinski definition) is 1. The maximum absolute atomic E-state index is 12.7. The van der Waals surface area contributed by atoms with Gasteiger partial charge in [-0.1, -0.05) is 42.5 Å². The zero-order valence-corrected chi connectivity index (χ0v) is 14.7. The number of benzene rings is 2. The van der Waals surface area contributed by atoms with Gasteiger partial charge in [-0.3, -0.25) is 4.79 Å². The van der Waals surface area contributed by atoms with E-state index in [9.17, 15) is 4.79 Å². The molecule has 1 amide bonds. The summed E-state index contributed by atoms with van der Waals surface area (Å²) in [4.78, 5) is 14.7. The van der Waals surface area contributed by atoms with E-state index in [4.69, 9.17) is 5.73 Å². The lowest BCUT2D eigenvalue weighted by molar-refractivity contribution is 0.0761. The Kier molecular flexibility index (Phi) is 6.83. The van der Waals surface area contributed by atoms with Crippen molar-refractivity contribution in [3.8, 4) is 0 Å². The second-order valence-corrected chi connectivity index (χ2v) is 6.23. The van der Waals surface area contributed by atoms with Gasteiger partial charge in [-0.25, -0.2) is 0 Å². The topological polar surface area (TPSA) is 46.3 Å². The predicted octanol–water partition coefficient (Wildman–Crippen LogP) is 3.98. The van der Waals surface area contributed by atoms with Crippen LogP contribution < -0.4 is 5.73 Å². The van der Waals surface area contributed by atoms with E-state index in [-0.39, 0.29) is 18.3 Å². The number of nitrogens with zero attached hydrogens (tertiary/aromatic N) is 1. The Morgan fingerprint density at radius 1 is 1.00 bits per heavy atom. The predicted molar refractivity (Wildman–Crippen MR) is 101 cm³/mol. The molecule has 3 rings (SSSR count). The molecule has 1 fully saturated rings. The van der Waals surface area contributed by atoms with E-state index in [0.29, 0.717) is 12.5 Å². The van der Waals surface area contributed by atoms with Crippen molar-refractivity contribution in [2.24, 2.45) is 5.73 Å². The van der Waals surface area contributed by atoms with Crippen molar-refractivity contribution < 1.29 is 4.79 Å². The van der Waals surface area contributed by atoms with Crippen molar-refractivity contribution in [3.63, 3.8) is 0 Å². The number of likely N-dealkylation sites (tertiary alicyclic amines) is 1. The van der Waals surface area contributed by atoms with Gasteiger partial charge in [-0.05, 0) is 48.4 Å². The molecule has 0 spiro atoms. The summed E-state index contributed by atoms with van der Waals surface area (Å²) in [5.41, 5.74) is 8.83. The van der Waals surface area contributed by atoms with Gasteiger partial charge in [0.15, 0.2) is 0 Å². The quantitative estimate of drug-likeness (QED) is 0.915. The molecule has 4 heteroatoms. The summed E-state index contributed by atoms with van der Waals surface area (Å²) in [5.74, 6) is 0.705. The van der Waals surface area contributed by atoms with Crippen LogP contribution in [0.3, 0.4) is 0 Å². The van der Waals surface area contributed by atoms with E-state index < -0.39 is 0 Å². The van der Waals surface area contributed by atoms with Crippen LogP contribution in [-0.4, -0.2) is 23.9 Å². The van der Waals surface area contributed by atoms with Crippen molar-refractivity contribution in [1.29, 1.82) is 0 Å². The molecule has 128 valence electrons. The first-order valence-corrected chi connectivity index (χ1v) is 8.41. The Labute approximate surface area is 150 Å². The molecule has 1 unspecified atom stereocenters. The Morgan fingerprint density at radius 2 is 1.71 bits per heavy atom. The Hall–Kier alpha value is -1.84. The minimum Gasteiger partial charge on any atom is -0.339 e. The lowest BCUT2D eigenvalue weighted by atomic mass is 9.92. The summed E-state index contributed by atoms with van der Waals surface area (Å²) in [7, 11) is 0. The van der Waals surface area contributed by atoms with Gasteiger partial charge in [0.1, 0.15) is 0 Å². The van der Waals surface area contributed by atoms with Crippen LogP contribution >= 0.6 is 12.4 Å². The summed E-state index contributed by atoms with van der Waals surface area (Å²) in [6.45, 7) is 2.19.